The van der Waals surface area contributed by atoms with Gasteiger partial charge in [0, 0.05) is 6.42 Å². The highest BCUT2D eigenvalue weighted by molar-refractivity contribution is 5.35. The average Bonchev–Trinajstić information content (AvgIpc) is 2.41. The number of aliphatic hydroxyl groups is 2. The molecule has 0 spiro atoms. The maximum absolute atomic E-state index is 10.9. The minimum Gasteiger partial charge on any atom is -0.389 e. The molecule has 2 N–H and O–H groups in total. The fourth-order valence-electron chi connectivity index (χ4n) is 5.92. The summed E-state index contributed by atoms with van der Waals surface area (Å²) in [5.74, 6) is 0.829. The average molecular weight is 306 g/mol. The normalized spacial score (nSPS) is 44.7. The summed E-state index contributed by atoms with van der Waals surface area (Å²) in [6.07, 6.45) is 6.90. The van der Waals surface area contributed by atoms with Crippen LogP contribution in [0.1, 0.15) is 79.6 Å². The van der Waals surface area contributed by atoms with Gasteiger partial charge in [0.25, 0.3) is 0 Å². The van der Waals surface area contributed by atoms with Crippen LogP contribution < -0.4 is 0 Å². The van der Waals surface area contributed by atoms with Gasteiger partial charge in [0.2, 0.25) is 0 Å². The zero-order valence-electron chi connectivity index (χ0n) is 15.1. The fraction of sp³-hybridized carbons (Fsp3) is 0.900. The lowest BCUT2D eigenvalue weighted by Gasteiger charge is -2.58. The van der Waals surface area contributed by atoms with E-state index in [9.17, 15) is 10.2 Å². The molecule has 3 aliphatic rings. The van der Waals surface area contributed by atoms with Gasteiger partial charge in [-0.25, -0.2) is 0 Å². The lowest BCUT2D eigenvalue weighted by atomic mass is 9.48. The summed E-state index contributed by atoms with van der Waals surface area (Å²) in [6.45, 7) is 11.4. The second-order valence-corrected chi connectivity index (χ2v) is 9.50. The predicted octanol–water partition coefficient (Wildman–Crippen LogP) is 4.45. The van der Waals surface area contributed by atoms with E-state index in [-0.39, 0.29) is 17.4 Å². The monoisotopic (exact) mass is 306 g/mol. The zero-order valence-corrected chi connectivity index (χ0v) is 15.1. The molecule has 0 aromatic carbocycles. The van der Waals surface area contributed by atoms with Crippen molar-refractivity contribution in [2.24, 2.45) is 22.7 Å². The van der Waals surface area contributed by atoms with Crippen molar-refractivity contribution in [3.63, 3.8) is 0 Å². The van der Waals surface area contributed by atoms with Gasteiger partial charge in [-0.15, -0.1) is 0 Å². The number of hydrogen-bond donors (Lipinski definition) is 2. The summed E-state index contributed by atoms with van der Waals surface area (Å²) in [6, 6.07) is 0. The highest BCUT2D eigenvalue weighted by Gasteiger charge is 2.54. The molecule has 1 saturated carbocycles. The van der Waals surface area contributed by atoms with Crippen molar-refractivity contribution < 1.29 is 10.2 Å². The SMILES string of the molecule is CC(C)[C@@]1(O)CCC2=C(C1)[C@@H](O)C[C@H]1C(C)(C)CCC[C@]21C. The van der Waals surface area contributed by atoms with Crippen LogP contribution >= 0.6 is 0 Å². The maximum Gasteiger partial charge on any atom is 0.0757 e. The molecule has 3 rings (SSSR count). The third-order valence-electron chi connectivity index (χ3n) is 7.55. The largest absolute Gasteiger partial charge is 0.389 e. The van der Waals surface area contributed by atoms with Gasteiger partial charge in [-0.3, -0.25) is 0 Å². The number of fused-ring (bicyclic) bond motifs is 2. The van der Waals surface area contributed by atoms with Crippen molar-refractivity contribution in [1.82, 2.24) is 0 Å². The van der Waals surface area contributed by atoms with Gasteiger partial charge in [0.15, 0.2) is 0 Å². The van der Waals surface area contributed by atoms with Gasteiger partial charge in [-0.1, -0.05) is 46.6 Å². The van der Waals surface area contributed by atoms with E-state index in [1.807, 2.05) is 0 Å². The summed E-state index contributed by atoms with van der Waals surface area (Å²) < 4.78 is 0. The number of allylic oxidation sites excluding steroid dienone is 1. The Morgan fingerprint density at radius 1 is 1.09 bits per heavy atom. The molecule has 2 nitrogen and oxygen atoms in total. The predicted molar refractivity (Wildman–Crippen MR) is 90.5 cm³/mol. The Morgan fingerprint density at radius 2 is 1.77 bits per heavy atom. The fourth-order valence-corrected chi connectivity index (χ4v) is 5.92. The van der Waals surface area contributed by atoms with Crippen LogP contribution in [0.3, 0.4) is 0 Å². The van der Waals surface area contributed by atoms with Crippen LogP contribution in [0.25, 0.3) is 0 Å². The molecule has 0 amide bonds. The molecule has 22 heavy (non-hydrogen) atoms. The smallest absolute Gasteiger partial charge is 0.0757 e. The Labute approximate surface area is 136 Å². The molecule has 0 radical (unpaired) electrons. The third kappa shape index (κ3) is 2.29. The number of aliphatic hydroxyl groups excluding tert-OH is 1. The second kappa shape index (κ2) is 5.08. The molecule has 2 heteroatoms. The second-order valence-electron chi connectivity index (χ2n) is 9.50. The van der Waals surface area contributed by atoms with E-state index in [0.717, 1.165) is 19.3 Å². The first-order valence-corrected chi connectivity index (χ1v) is 9.23. The lowest BCUT2D eigenvalue weighted by molar-refractivity contribution is -0.0576. The quantitative estimate of drug-likeness (QED) is 0.703. The topological polar surface area (TPSA) is 40.5 Å². The van der Waals surface area contributed by atoms with Gasteiger partial charge < -0.3 is 10.2 Å². The van der Waals surface area contributed by atoms with Gasteiger partial charge in [-0.05, 0) is 60.3 Å². The zero-order chi connectivity index (χ0) is 16.3. The van der Waals surface area contributed by atoms with E-state index in [4.69, 9.17) is 0 Å². The molecule has 0 aromatic heterocycles. The van der Waals surface area contributed by atoms with Crippen LogP contribution in [-0.2, 0) is 0 Å². The van der Waals surface area contributed by atoms with Crippen molar-refractivity contribution in [3.8, 4) is 0 Å². The molecular weight excluding hydrogens is 272 g/mol. The molecule has 3 aliphatic carbocycles. The van der Waals surface area contributed by atoms with Crippen LogP contribution in [0, 0.1) is 22.7 Å². The van der Waals surface area contributed by atoms with E-state index < -0.39 is 5.60 Å². The summed E-state index contributed by atoms with van der Waals surface area (Å²) in [5.41, 5.74) is 2.65. The van der Waals surface area contributed by atoms with E-state index >= 15 is 0 Å². The molecule has 0 aromatic rings. The molecule has 0 bridgehead atoms. The van der Waals surface area contributed by atoms with E-state index in [1.54, 1.807) is 0 Å². The first-order chi connectivity index (χ1) is 10.1. The molecule has 4 atom stereocenters. The minimum absolute atomic E-state index is 0.245. The molecule has 0 aliphatic heterocycles. The Bertz CT molecular complexity index is 490. The van der Waals surface area contributed by atoms with Crippen LogP contribution in [0.5, 0.6) is 0 Å². The van der Waals surface area contributed by atoms with Gasteiger partial charge in [0.05, 0.1) is 11.7 Å². The molecule has 1 fully saturated rings. The van der Waals surface area contributed by atoms with Gasteiger partial charge in [-0.2, -0.15) is 0 Å². The van der Waals surface area contributed by atoms with E-state index in [2.05, 4.69) is 34.6 Å². The van der Waals surface area contributed by atoms with Gasteiger partial charge in [0.1, 0.15) is 0 Å². The lowest BCUT2D eigenvalue weighted by Crippen LogP contribution is -2.52. The van der Waals surface area contributed by atoms with Crippen molar-refractivity contribution in [2.75, 3.05) is 0 Å². The van der Waals surface area contributed by atoms with Crippen molar-refractivity contribution >= 4 is 0 Å². The van der Waals surface area contributed by atoms with Crippen LogP contribution in [0.15, 0.2) is 11.1 Å². The van der Waals surface area contributed by atoms with Crippen molar-refractivity contribution in [3.05, 3.63) is 11.1 Å². The number of hydrogen-bond acceptors (Lipinski definition) is 2. The summed E-state index contributed by atoms with van der Waals surface area (Å²) in [5, 5.41) is 21.8. The van der Waals surface area contributed by atoms with E-state index in [0.29, 0.717) is 17.8 Å². The first kappa shape index (κ1) is 16.5. The molecule has 126 valence electrons. The summed E-state index contributed by atoms with van der Waals surface area (Å²) >= 11 is 0. The first-order valence-electron chi connectivity index (χ1n) is 9.23. The van der Waals surface area contributed by atoms with Crippen molar-refractivity contribution in [2.45, 2.75) is 91.3 Å². The Kier molecular flexibility index (Phi) is 3.81. The Morgan fingerprint density at radius 3 is 2.41 bits per heavy atom. The molecular formula is C20H34O2. The van der Waals surface area contributed by atoms with Crippen molar-refractivity contribution in [1.29, 1.82) is 0 Å². The van der Waals surface area contributed by atoms with Gasteiger partial charge >= 0.3 is 0 Å². The minimum atomic E-state index is -0.618. The summed E-state index contributed by atoms with van der Waals surface area (Å²) in [4.78, 5) is 0. The highest BCUT2D eigenvalue weighted by Crippen LogP contribution is 2.62. The molecule has 0 unspecified atom stereocenters. The third-order valence-corrected chi connectivity index (χ3v) is 7.55. The van der Waals surface area contributed by atoms with Crippen LogP contribution in [0.2, 0.25) is 0 Å². The molecule has 0 saturated heterocycles. The maximum atomic E-state index is 10.9. The molecule has 0 heterocycles. The van der Waals surface area contributed by atoms with Crippen LogP contribution in [0.4, 0.5) is 0 Å². The van der Waals surface area contributed by atoms with Crippen LogP contribution in [-0.4, -0.2) is 21.9 Å². The van der Waals surface area contributed by atoms with E-state index in [1.165, 1.54) is 30.4 Å². The Balaban J connectivity index is 2.02. The number of rotatable bonds is 1. The summed E-state index contributed by atoms with van der Waals surface area (Å²) in [7, 11) is 0. The Hall–Kier alpha value is -0.340. The highest BCUT2D eigenvalue weighted by atomic mass is 16.3. The standard InChI is InChI=1S/C20H34O2/c1-13(2)20(22)10-7-15-14(12-20)16(21)11-17-18(3,4)8-6-9-19(15,17)5/h13,16-17,21-22H,6-12H2,1-5H3/t16-,17-,19+,20+/m0/s1.